The first kappa shape index (κ1) is 10.7. The predicted molar refractivity (Wildman–Crippen MR) is 59.6 cm³/mol. The van der Waals surface area contributed by atoms with Crippen LogP contribution in [-0.2, 0) is 0 Å². The van der Waals surface area contributed by atoms with Gasteiger partial charge in [-0.15, -0.1) is 0 Å². The molecule has 0 aromatic rings. The van der Waals surface area contributed by atoms with Crippen LogP contribution in [0, 0.1) is 0 Å². The van der Waals surface area contributed by atoms with Crippen LogP contribution in [0.5, 0.6) is 0 Å². The molecule has 2 heterocycles. The molecule has 0 saturated carbocycles. The second-order valence-electron chi connectivity index (χ2n) is 4.80. The Morgan fingerprint density at radius 3 is 2.53 bits per heavy atom. The van der Waals surface area contributed by atoms with E-state index in [2.05, 4.69) is 6.92 Å². The van der Waals surface area contributed by atoms with Crippen molar-refractivity contribution in [3.63, 3.8) is 0 Å². The lowest BCUT2D eigenvalue weighted by atomic mass is 10.00. The first-order valence-corrected chi connectivity index (χ1v) is 5.99. The van der Waals surface area contributed by atoms with Crippen LogP contribution in [-0.4, -0.2) is 47.5 Å². The van der Waals surface area contributed by atoms with Gasteiger partial charge in [-0.1, -0.05) is 0 Å². The van der Waals surface area contributed by atoms with Crippen molar-refractivity contribution in [2.75, 3.05) is 19.6 Å². The van der Waals surface area contributed by atoms with E-state index >= 15 is 0 Å². The second kappa shape index (κ2) is 4.39. The number of carbonyl (C=O) groups is 1. The molecule has 86 valence electrons. The van der Waals surface area contributed by atoms with E-state index in [-0.39, 0.29) is 12.1 Å². The Hall–Kier alpha value is -0.770. The molecule has 2 amide bonds. The topological polar surface area (TPSA) is 49.6 Å². The molecule has 4 nitrogen and oxygen atoms in total. The highest BCUT2D eigenvalue weighted by molar-refractivity contribution is 5.75. The molecule has 0 aliphatic carbocycles. The van der Waals surface area contributed by atoms with Gasteiger partial charge in [0.2, 0.25) is 0 Å². The number of amides is 2. The Morgan fingerprint density at radius 2 is 1.93 bits per heavy atom. The van der Waals surface area contributed by atoms with E-state index in [0.717, 1.165) is 45.3 Å². The molecular weight excluding hydrogens is 190 g/mol. The average Bonchev–Trinajstić information content (AvgIpc) is 2.69. The van der Waals surface area contributed by atoms with Gasteiger partial charge >= 0.3 is 6.03 Å². The fourth-order valence-corrected chi connectivity index (χ4v) is 2.58. The zero-order valence-electron chi connectivity index (χ0n) is 9.48. The Labute approximate surface area is 91.4 Å². The monoisotopic (exact) mass is 211 g/mol. The molecule has 2 atom stereocenters. The van der Waals surface area contributed by atoms with Gasteiger partial charge in [0.05, 0.1) is 0 Å². The number of rotatable bonds is 0. The summed E-state index contributed by atoms with van der Waals surface area (Å²) < 4.78 is 0. The van der Waals surface area contributed by atoms with E-state index in [4.69, 9.17) is 5.73 Å². The van der Waals surface area contributed by atoms with Crippen LogP contribution in [0.3, 0.4) is 0 Å². The number of carbonyl (C=O) groups excluding carboxylic acids is 1. The number of likely N-dealkylation sites (tertiary alicyclic amines) is 2. The molecule has 0 radical (unpaired) electrons. The molecule has 4 heteroatoms. The smallest absolute Gasteiger partial charge is 0.320 e. The van der Waals surface area contributed by atoms with Gasteiger partial charge in [-0.2, -0.15) is 0 Å². The summed E-state index contributed by atoms with van der Waals surface area (Å²) in [5.41, 5.74) is 5.89. The lowest BCUT2D eigenvalue weighted by Crippen LogP contribution is -2.52. The molecule has 0 spiro atoms. The minimum atomic E-state index is 0.229. The Bertz CT molecular complexity index is 238. The number of urea groups is 1. The maximum absolute atomic E-state index is 12.1. The highest BCUT2D eigenvalue weighted by Crippen LogP contribution is 2.19. The van der Waals surface area contributed by atoms with Gasteiger partial charge in [-0.05, 0) is 32.6 Å². The van der Waals surface area contributed by atoms with Crippen molar-refractivity contribution in [3.05, 3.63) is 0 Å². The van der Waals surface area contributed by atoms with E-state index < -0.39 is 0 Å². The van der Waals surface area contributed by atoms with Crippen molar-refractivity contribution in [2.45, 2.75) is 44.7 Å². The molecule has 2 fully saturated rings. The third-order valence-electron chi connectivity index (χ3n) is 3.54. The van der Waals surface area contributed by atoms with Crippen LogP contribution in [0.15, 0.2) is 0 Å². The SMILES string of the molecule is CC1CC(N)CCN1C(=O)N1CCCC1. The molecule has 0 aromatic carbocycles. The van der Waals surface area contributed by atoms with Gasteiger partial charge < -0.3 is 15.5 Å². The summed E-state index contributed by atoms with van der Waals surface area (Å²) in [7, 11) is 0. The third-order valence-corrected chi connectivity index (χ3v) is 3.54. The highest BCUT2D eigenvalue weighted by atomic mass is 16.2. The van der Waals surface area contributed by atoms with Crippen molar-refractivity contribution in [2.24, 2.45) is 5.73 Å². The quantitative estimate of drug-likeness (QED) is 0.650. The highest BCUT2D eigenvalue weighted by Gasteiger charge is 2.30. The number of hydrogen-bond donors (Lipinski definition) is 1. The number of nitrogens with zero attached hydrogens (tertiary/aromatic N) is 2. The molecule has 2 N–H and O–H groups in total. The fraction of sp³-hybridized carbons (Fsp3) is 0.909. The summed E-state index contributed by atoms with van der Waals surface area (Å²) in [6, 6.07) is 0.816. The fourth-order valence-electron chi connectivity index (χ4n) is 2.58. The molecule has 2 rings (SSSR count). The maximum Gasteiger partial charge on any atom is 0.320 e. The van der Waals surface area contributed by atoms with E-state index in [0.29, 0.717) is 6.04 Å². The van der Waals surface area contributed by atoms with Crippen LogP contribution in [0.25, 0.3) is 0 Å². The van der Waals surface area contributed by atoms with Gasteiger partial charge in [0.1, 0.15) is 0 Å². The van der Waals surface area contributed by atoms with Gasteiger partial charge in [0, 0.05) is 31.7 Å². The van der Waals surface area contributed by atoms with Crippen molar-refractivity contribution in [3.8, 4) is 0 Å². The Kier molecular flexibility index (Phi) is 3.14. The van der Waals surface area contributed by atoms with Crippen LogP contribution in [0.4, 0.5) is 4.79 Å². The number of nitrogens with two attached hydrogens (primary N) is 1. The van der Waals surface area contributed by atoms with Crippen LogP contribution in [0.2, 0.25) is 0 Å². The van der Waals surface area contributed by atoms with E-state index in [1.807, 2.05) is 9.80 Å². The first-order valence-electron chi connectivity index (χ1n) is 5.99. The van der Waals surface area contributed by atoms with Crippen molar-refractivity contribution in [1.82, 2.24) is 9.80 Å². The maximum atomic E-state index is 12.1. The molecule has 15 heavy (non-hydrogen) atoms. The first-order chi connectivity index (χ1) is 7.18. The minimum absolute atomic E-state index is 0.229. The second-order valence-corrected chi connectivity index (χ2v) is 4.80. The largest absolute Gasteiger partial charge is 0.328 e. The van der Waals surface area contributed by atoms with Gasteiger partial charge in [-0.25, -0.2) is 4.79 Å². The third kappa shape index (κ3) is 2.25. The lowest BCUT2D eigenvalue weighted by molar-refractivity contribution is 0.123. The van der Waals surface area contributed by atoms with E-state index in [1.165, 1.54) is 0 Å². The normalized spacial score (nSPS) is 32.1. The summed E-state index contributed by atoms with van der Waals surface area (Å²) in [6.07, 6.45) is 4.21. The molecule has 2 saturated heterocycles. The zero-order chi connectivity index (χ0) is 10.8. The van der Waals surface area contributed by atoms with Crippen LogP contribution >= 0.6 is 0 Å². The van der Waals surface area contributed by atoms with Crippen molar-refractivity contribution in [1.29, 1.82) is 0 Å². The Morgan fingerprint density at radius 1 is 1.27 bits per heavy atom. The molecule has 0 bridgehead atoms. The minimum Gasteiger partial charge on any atom is -0.328 e. The standard InChI is InChI=1S/C11H21N3O/c1-9-8-10(12)4-7-14(9)11(15)13-5-2-3-6-13/h9-10H,2-8,12H2,1H3. The molecule has 2 unspecified atom stereocenters. The average molecular weight is 211 g/mol. The van der Waals surface area contributed by atoms with Gasteiger partial charge in [0.25, 0.3) is 0 Å². The van der Waals surface area contributed by atoms with Crippen molar-refractivity contribution >= 4 is 6.03 Å². The molecule has 2 aliphatic rings. The summed E-state index contributed by atoms with van der Waals surface area (Å²) in [5, 5.41) is 0. The van der Waals surface area contributed by atoms with Crippen molar-refractivity contribution < 1.29 is 4.79 Å². The summed E-state index contributed by atoms with van der Waals surface area (Å²) in [4.78, 5) is 16.1. The predicted octanol–water partition coefficient (Wildman–Crippen LogP) is 1.01. The number of hydrogen-bond acceptors (Lipinski definition) is 2. The van der Waals surface area contributed by atoms with Gasteiger partial charge in [0.15, 0.2) is 0 Å². The van der Waals surface area contributed by atoms with Gasteiger partial charge in [-0.3, -0.25) is 0 Å². The summed E-state index contributed by atoms with van der Waals surface area (Å²) in [6.45, 7) is 4.81. The lowest BCUT2D eigenvalue weighted by Gasteiger charge is -2.38. The Balaban J connectivity index is 1.94. The molecule has 0 aromatic heterocycles. The van der Waals surface area contributed by atoms with Crippen LogP contribution < -0.4 is 5.73 Å². The molecular formula is C11H21N3O. The summed E-state index contributed by atoms with van der Waals surface area (Å²) in [5.74, 6) is 0. The summed E-state index contributed by atoms with van der Waals surface area (Å²) >= 11 is 0. The number of piperidine rings is 1. The van der Waals surface area contributed by atoms with E-state index in [9.17, 15) is 4.79 Å². The zero-order valence-corrected chi connectivity index (χ0v) is 9.48. The van der Waals surface area contributed by atoms with Crippen LogP contribution in [0.1, 0.15) is 32.6 Å². The molecule has 2 aliphatic heterocycles. The van der Waals surface area contributed by atoms with E-state index in [1.54, 1.807) is 0 Å².